The lowest BCUT2D eigenvalue weighted by Gasteiger charge is -2.07. The van der Waals surface area contributed by atoms with Crippen LogP contribution in [0.25, 0.3) is 0 Å². The SMILES string of the molecule is Cc1ccc(N)c(SCC(=O)Nc2ccc(Cl)cc2)c1. The number of rotatable bonds is 4. The van der Waals surface area contributed by atoms with Crippen molar-refractivity contribution in [2.24, 2.45) is 0 Å². The molecule has 5 heteroatoms. The van der Waals surface area contributed by atoms with Gasteiger partial charge >= 0.3 is 0 Å². The summed E-state index contributed by atoms with van der Waals surface area (Å²) in [5.41, 5.74) is 8.43. The molecule has 0 aliphatic heterocycles. The highest BCUT2D eigenvalue weighted by molar-refractivity contribution is 8.00. The molecule has 20 heavy (non-hydrogen) atoms. The van der Waals surface area contributed by atoms with E-state index < -0.39 is 0 Å². The second kappa shape index (κ2) is 6.68. The minimum absolute atomic E-state index is 0.0711. The van der Waals surface area contributed by atoms with Gasteiger partial charge < -0.3 is 11.1 Å². The van der Waals surface area contributed by atoms with E-state index in [9.17, 15) is 4.79 Å². The molecule has 2 aromatic rings. The Kier molecular flexibility index (Phi) is 4.93. The van der Waals surface area contributed by atoms with E-state index in [4.69, 9.17) is 17.3 Å². The zero-order chi connectivity index (χ0) is 14.5. The van der Waals surface area contributed by atoms with Gasteiger partial charge in [-0.2, -0.15) is 0 Å². The molecule has 104 valence electrons. The van der Waals surface area contributed by atoms with Crippen LogP contribution in [0, 0.1) is 6.92 Å². The first-order valence-electron chi connectivity index (χ1n) is 6.09. The highest BCUT2D eigenvalue weighted by Gasteiger charge is 2.06. The molecule has 0 unspecified atom stereocenters. The van der Waals surface area contributed by atoms with Crippen LogP contribution in [-0.2, 0) is 4.79 Å². The molecular weight excluding hydrogens is 292 g/mol. The Morgan fingerprint density at radius 1 is 1.25 bits per heavy atom. The minimum atomic E-state index is -0.0711. The van der Waals surface area contributed by atoms with E-state index in [-0.39, 0.29) is 5.91 Å². The van der Waals surface area contributed by atoms with Gasteiger partial charge in [-0.15, -0.1) is 11.8 Å². The maximum Gasteiger partial charge on any atom is 0.234 e. The zero-order valence-electron chi connectivity index (χ0n) is 11.0. The fourth-order valence-electron chi connectivity index (χ4n) is 1.64. The number of hydrogen-bond donors (Lipinski definition) is 2. The van der Waals surface area contributed by atoms with Gasteiger partial charge in [0.1, 0.15) is 0 Å². The third kappa shape index (κ3) is 4.18. The molecular formula is C15H15ClN2OS. The summed E-state index contributed by atoms with van der Waals surface area (Å²) in [4.78, 5) is 12.8. The Hall–Kier alpha value is -1.65. The second-order valence-electron chi connectivity index (χ2n) is 4.39. The summed E-state index contributed by atoms with van der Waals surface area (Å²) in [6.45, 7) is 2.00. The van der Waals surface area contributed by atoms with E-state index in [1.54, 1.807) is 24.3 Å². The van der Waals surface area contributed by atoms with Crippen LogP contribution < -0.4 is 11.1 Å². The predicted molar refractivity (Wildman–Crippen MR) is 86.4 cm³/mol. The van der Waals surface area contributed by atoms with Crippen LogP contribution in [0.5, 0.6) is 0 Å². The Labute approximate surface area is 127 Å². The van der Waals surface area contributed by atoms with Gasteiger partial charge in [0.2, 0.25) is 5.91 Å². The minimum Gasteiger partial charge on any atom is -0.398 e. The van der Waals surface area contributed by atoms with E-state index in [0.29, 0.717) is 16.5 Å². The number of nitrogen functional groups attached to an aromatic ring is 1. The Morgan fingerprint density at radius 2 is 1.95 bits per heavy atom. The molecule has 0 aliphatic rings. The highest BCUT2D eigenvalue weighted by atomic mass is 35.5. The van der Waals surface area contributed by atoms with Gasteiger partial charge in [0, 0.05) is 21.3 Å². The molecule has 0 aliphatic carbocycles. The highest BCUT2D eigenvalue weighted by Crippen LogP contribution is 2.26. The van der Waals surface area contributed by atoms with Crippen molar-refractivity contribution >= 4 is 40.6 Å². The lowest BCUT2D eigenvalue weighted by atomic mass is 10.2. The molecule has 0 saturated heterocycles. The van der Waals surface area contributed by atoms with Crippen LogP contribution in [0.3, 0.4) is 0 Å². The Bertz CT molecular complexity index is 614. The Balaban J connectivity index is 1.92. The third-order valence-electron chi connectivity index (χ3n) is 2.66. The van der Waals surface area contributed by atoms with Gasteiger partial charge in [-0.25, -0.2) is 0 Å². The number of amides is 1. The van der Waals surface area contributed by atoms with Crippen molar-refractivity contribution < 1.29 is 4.79 Å². The monoisotopic (exact) mass is 306 g/mol. The zero-order valence-corrected chi connectivity index (χ0v) is 12.6. The lowest BCUT2D eigenvalue weighted by molar-refractivity contribution is -0.113. The number of carbonyl (C=O) groups is 1. The molecule has 0 atom stereocenters. The number of carbonyl (C=O) groups excluding carboxylic acids is 1. The van der Waals surface area contributed by atoms with Crippen LogP contribution in [0.15, 0.2) is 47.4 Å². The van der Waals surface area contributed by atoms with Crippen molar-refractivity contribution in [2.45, 2.75) is 11.8 Å². The Morgan fingerprint density at radius 3 is 2.65 bits per heavy atom. The van der Waals surface area contributed by atoms with Gasteiger partial charge in [-0.3, -0.25) is 4.79 Å². The number of nitrogens with two attached hydrogens (primary N) is 1. The van der Waals surface area contributed by atoms with E-state index in [1.807, 2.05) is 25.1 Å². The summed E-state index contributed by atoms with van der Waals surface area (Å²) in [5.74, 6) is 0.245. The van der Waals surface area contributed by atoms with E-state index in [1.165, 1.54) is 11.8 Å². The number of aryl methyl sites for hydroxylation is 1. The molecule has 3 N–H and O–H groups in total. The molecule has 1 amide bonds. The standard InChI is InChI=1S/C15H15ClN2OS/c1-10-2-7-13(17)14(8-10)20-9-15(19)18-12-5-3-11(16)4-6-12/h2-8H,9,17H2,1H3,(H,18,19). The average molecular weight is 307 g/mol. The molecule has 0 saturated carbocycles. The van der Waals surface area contributed by atoms with Crippen LogP contribution in [-0.4, -0.2) is 11.7 Å². The summed E-state index contributed by atoms with van der Waals surface area (Å²) in [7, 11) is 0. The average Bonchev–Trinajstić information content (AvgIpc) is 2.42. The lowest BCUT2D eigenvalue weighted by Crippen LogP contribution is -2.14. The van der Waals surface area contributed by atoms with Gasteiger partial charge in [0.15, 0.2) is 0 Å². The number of thioether (sulfide) groups is 1. The number of benzene rings is 2. The molecule has 0 aromatic heterocycles. The summed E-state index contributed by atoms with van der Waals surface area (Å²) >= 11 is 7.22. The molecule has 0 bridgehead atoms. The fraction of sp³-hybridized carbons (Fsp3) is 0.133. The molecule has 0 heterocycles. The molecule has 0 radical (unpaired) electrons. The van der Waals surface area contributed by atoms with Crippen LogP contribution >= 0.6 is 23.4 Å². The summed E-state index contributed by atoms with van der Waals surface area (Å²) in [6.07, 6.45) is 0. The molecule has 2 rings (SSSR count). The first kappa shape index (κ1) is 14.8. The van der Waals surface area contributed by atoms with Crippen molar-refractivity contribution in [3.05, 3.63) is 53.1 Å². The van der Waals surface area contributed by atoms with Crippen LogP contribution in [0.2, 0.25) is 5.02 Å². The van der Waals surface area contributed by atoms with E-state index in [0.717, 1.165) is 16.1 Å². The predicted octanol–water partition coefficient (Wildman–Crippen LogP) is 3.96. The van der Waals surface area contributed by atoms with Crippen molar-refractivity contribution in [1.82, 2.24) is 0 Å². The first-order valence-corrected chi connectivity index (χ1v) is 7.45. The van der Waals surface area contributed by atoms with Gasteiger partial charge in [0.25, 0.3) is 0 Å². The molecule has 0 spiro atoms. The number of hydrogen-bond acceptors (Lipinski definition) is 3. The maximum absolute atomic E-state index is 11.9. The summed E-state index contributed by atoms with van der Waals surface area (Å²) in [6, 6.07) is 12.8. The van der Waals surface area contributed by atoms with Crippen LogP contribution in [0.1, 0.15) is 5.56 Å². The van der Waals surface area contributed by atoms with Gasteiger partial charge in [0.05, 0.1) is 5.75 Å². The first-order chi connectivity index (χ1) is 9.54. The normalized spacial score (nSPS) is 10.3. The topological polar surface area (TPSA) is 55.1 Å². The maximum atomic E-state index is 11.9. The summed E-state index contributed by atoms with van der Waals surface area (Å²) in [5, 5.41) is 3.46. The quantitative estimate of drug-likeness (QED) is 0.664. The van der Waals surface area contributed by atoms with Crippen molar-refractivity contribution in [3.63, 3.8) is 0 Å². The van der Waals surface area contributed by atoms with E-state index >= 15 is 0 Å². The van der Waals surface area contributed by atoms with Gasteiger partial charge in [-0.05, 0) is 48.9 Å². The molecule has 3 nitrogen and oxygen atoms in total. The smallest absolute Gasteiger partial charge is 0.234 e. The van der Waals surface area contributed by atoms with Gasteiger partial charge in [-0.1, -0.05) is 17.7 Å². The third-order valence-corrected chi connectivity index (χ3v) is 3.98. The molecule has 2 aromatic carbocycles. The van der Waals surface area contributed by atoms with Crippen molar-refractivity contribution in [3.8, 4) is 0 Å². The number of anilines is 2. The molecule has 0 fully saturated rings. The number of halogens is 1. The number of nitrogens with one attached hydrogen (secondary N) is 1. The second-order valence-corrected chi connectivity index (χ2v) is 5.84. The largest absolute Gasteiger partial charge is 0.398 e. The van der Waals surface area contributed by atoms with Crippen LogP contribution in [0.4, 0.5) is 11.4 Å². The fourth-order valence-corrected chi connectivity index (χ4v) is 2.63. The van der Waals surface area contributed by atoms with E-state index in [2.05, 4.69) is 5.32 Å². The van der Waals surface area contributed by atoms with Crippen molar-refractivity contribution in [2.75, 3.05) is 16.8 Å². The summed E-state index contributed by atoms with van der Waals surface area (Å²) < 4.78 is 0. The van der Waals surface area contributed by atoms with Crippen molar-refractivity contribution in [1.29, 1.82) is 0 Å².